The van der Waals surface area contributed by atoms with Crippen molar-refractivity contribution in [2.75, 3.05) is 27.2 Å². The molecule has 2 radical (unpaired) electrons. The number of aromatic nitrogens is 2. The second kappa shape index (κ2) is 10.3. The fourth-order valence-electron chi connectivity index (χ4n) is 4.03. The molecule has 1 atom stereocenters. The van der Waals surface area contributed by atoms with Crippen LogP contribution >= 0.6 is 0 Å². The average molecular weight is 408 g/mol. The summed E-state index contributed by atoms with van der Waals surface area (Å²) in [5.74, 6) is 0.643. The van der Waals surface area contributed by atoms with Crippen LogP contribution in [0, 0.1) is 0 Å². The summed E-state index contributed by atoms with van der Waals surface area (Å²) in [5, 5.41) is 0.778. The number of unbranched alkanes of at least 4 members (excludes halogenated alkanes) is 2. The molecule has 0 saturated carbocycles. The molecule has 160 valence electrons. The lowest BCUT2D eigenvalue weighted by Gasteiger charge is -2.29. The first-order valence-corrected chi connectivity index (χ1v) is 11.0. The summed E-state index contributed by atoms with van der Waals surface area (Å²) >= 11 is 0. The molecule has 3 aromatic rings. The van der Waals surface area contributed by atoms with Gasteiger partial charge in [-0.25, -0.2) is 4.98 Å². The molecule has 0 aliphatic heterocycles. The lowest BCUT2D eigenvalue weighted by atomic mass is 9.95. The Kier molecular flexibility index (Phi) is 7.72. The molecule has 2 heterocycles. The molecule has 0 aliphatic rings. The molecule has 3 rings (SSSR count). The van der Waals surface area contributed by atoms with Gasteiger partial charge in [-0.05, 0) is 52.5 Å². The van der Waals surface area contributed by atoms with E-state index in [-0.39, 0.29) is 11.1 Å². The van der Waals surface area contributed by atoms with Gasteiger partial charge in [0.2, 0.25) is 5.58 Å². The van der Waals surface area contributed by atoms with Gasteiger partial charge in [0.25, 0.3) is 5.56 Å². The van der Waals surface area contributed by atoms with Gasteiger partial charge in [-0.15, -0.1) is 0 Å². The van der Waals surface area contributed by atoms with E-state index >= 15 is 0 Å². The van der Waals surface area contributed by atoms with E-state index in [0.29, 0.717) is 35.0 Å². The van der Waals surface area contributed by atoms with Crippen LogP contribution in [0.4, 0.5) is 0 Å². The highest BCUT2D eigenvalue weighted by Crippen LogP contribution is 2.23. The Morgan fingerprint density at radius 3 is 2.73 bits per heavy atom. The van der Waals surface area contributed by atoms with E-state index in [1.807, 2.05) is 0 Å². The second-order valence-electron chi connectivity index (χ2n) is 8.32. The summed E-state index contributed by atoms with van der Waals surface area (Å²) in [6, 6.07) is 5.91. The number of aromatic amines is 1. The fraction of sp³-hybridized carbons (Fsp3) is 0.565. The first-order valence-electron chi connectivity index (χ1n) is 11.0. The van der Waals surface area contributed by atoms with Crippen molar-refractivity contribution in [1.82, 2.24) is 19.8 Å². The molecule has 6 nitrogen and oxygen atoms in total. The number of nitrogens with one attached hydrogen (secondary N) is 1. The Morgan fingerprint density at radius 2 is 2.00 bits per heavy atom. The maximum Gasteiger partial charge on any atom is 0.294 e. The Labute approximate surface area is 180 Å². The minimum atomic E-state index is -0.250. The second-order valence-corrected chi connectivity index (χ2v) is 8.32. The predicted octanol–water partition coefficient (Wildman–Crippen LogP) is 3.19. The van der Waals surface area contributed by atoms with Crippen molar-refractivity contribution in [2.24, 2.45) is 0 Å². The van der Waals surface area contributed by atoms with Crippen LogP contribution < -0.4 is 11.0 Å². The van der Waals surface area contributed by atoms with Crippen molar-refractivity contribution in [3.05, 3.63) is 34.4 Å². The fourth-order valence-corrected chi connectivity index (χ4v) is 4.03. The molecule has 0 amide bonds. The molecule has 7 heteroatoms. The molecule has 1 N–H and O–H groups in total. The minimum Gasteiger partial charge on any atom is -0.449 e. The van der Waals surface area contributed by atoms with Crippen LogP contribution in [0.5, 0.6) is 0 Å². The predicted molar refractivity (Wildman–Crippen MR) is 125 cm³/mol. The molecule has 0 saturated heterocycles. The van der Waals surface area contributed by atoms with Crippen LogP contribution in [0.2, 0.25) is 0 Å². The maximum absolute atomic E-state index is 12.5. The smallest absolute Gasteiger partial charge is 0.294 e. The third kappa shape index (κ3) is 5.32. The van der Waals surface area contributed by atoms with Crippen molar-refractivity contribution in [1.29, 1.82) is 0 Å². The van der Waals surface area contributed by atoms with Crippen LogP contribution in [0.1, 0.15) is 51.8 Å². The molecule has 0 aliphatic carbocycles. The van der Waals surface area contributed by atoms with E-state index in [1.165, 1.54) is 19.3 Å². The van der Waals surface area contributed by atoms with Gasteiger partial charge in [0, 0.05) is 11.4 Å². The van der Waals surface area contributed by atoms with Crippen LogP contribution in [-0.4, -0.2) is 60.8 Å². The van der Waals surface area contributed by atoms with Crippen LogP contribution in [0.25, 0.3) is 22.1 Å². The standard InChI is InChI=1S/C23H33BN4O2/c1-5-7-8-12-28(4)17(6-2)11-13-27(3)15-20-25-21-18-14-16(24)9-10-19(18)30-22(21)23(29)26-20/h9-10,14,17H,5-8,11-13,15H2,1-4H3,(H,25,26,29). The highest BCUT2D eigenvalue weighted by atomic mass is 16.3. The van der Waals surface area contributed by atoms with E-state index in [4.69, 9.17) is 12.3 Å². The van der Waals surface area contributed by atoms with Crippen LogP contribution in [-0.2, 0) is 6.54 Å². The minimum absolute atomic E-state index is 0.250. The van der Waals surface area contributed by atoms with E-state index in [0.717, 1.165) is 31.3 Å². The van der Waals surface area contributed by atoms with E-state index in [2.05, 4.69) is 47.7 Å². The zero-order valence-corrected chi connectivity index (χ0v) is 18.7. The van der Waals surface area contributed by atoms with Gasteiger partial charge >= 0.3 is 0 Å². The summed E-state index contributed by atoms with van der Waals surface area (Å²) in [6.45, 7) is 7.17. The third-order valence-corrected chi connectivity index (χ3v) is 5.87. The topological polar surface area (TPSA) is 65.4 Å². The van der Waals surface area contributed by atoms with Gasteiger partial charge in [0.05, 0.1) is 6.54 Å². The van der Waals surface area contributed by atoms with Gasteiger partial charge in [-0.1, -0.05) is 44.3 Å². The Balaban J connectivity index is 1.67. The maximum atomic E-state index is 12.5. The van der Waals surface area contributed by atoms with Gasteiger partial charge in [0.1, 0.15) is 24.8 Å². The van der Waals surface area contributed by atoms with Crippen molar-refractivity contribution < 1.29 is 4.42 Å². The summed E-state index contributed by atoms with van der Waals surface area (Å²) in [5.41, 5.74) is 1.83. The number of hydrogen-bond donors (Lipinski definition) is 1. The molecule has 1 unspecified atom stereocenters. The molecule has 0 bridgehead atoms. The van der Waals surface area contributed by atoms with E-state index < -0.39 is 0 Å². The first kappa shape index (κ1) is 22.6. The van der Waals surface area contributed by atoms with Crippen LogP contribution in [0.15, 0.2) is 27.4 Å². The highest BCUT2D eigenvalue weighted by Gasteiger charge is 2.16. The lowest BCUT2D eigenvalue weighted by Crippen LogP contribution is -2.35. The largest absolute Gasteiger partial charge is 0.449 e. The lowest BCUT2D eigenvalue weighted by molar-refractivity contribution is 0.193. The Bertz CT molecular complexity index is 1030. The van der Waals surface area contributed by atoms with Gasteiger partial charge in [0.15, 0.2) is 0 Å². The average Bonchev–Trinajstić information content (AvgIpc) is 3.07. The van der Waals surface area contributed by atoms with E-state index in [9.17, 15) is 4.79 Å². The summed E-state index contributed by atoms with van der Waals surface area (Å²) < 4.78 is 5.68. The summed E-state index contributed by atoms with van der Waals surface area (Å²) in [6.07, 6.45) is 6.03. The number of H-pyrrole nitrogens is 1. The number of benzene rings is 1. The zero-order chi connectivity index (χ0) is 21.7. The number of nitrogens with zero attached hydrogens (tertiary/aromatic N) is 3. The number of rotatable bonds is 11. The molecular formula is C23H33BN4O2. The monoisotopic (exact) mass is 408 g/mol. The van der Waals surface area contributed by atoms with Crippen molar-refractivity contribution in [3.63, 3.8) is 0 Å². The normalized spacial score (nSPS) is 13.1. The highest BCUT2D eigenvalue weighted by molar-refractivity contribution is 6.33. The van der Waals surface area contributed by atoms with Crippen LogP contribution in [0.3, 0.4) is 0 Å². The quantitative estimate of drug-likeness (QED) is 0.390. The van der Waals surface area contributed by atoms with Crippen molar-refractivity contribution >= 4 is 35.4 Å². The van der Waals surface area contributed by atoms with Crippen molar-refractivity contribution in [2.45, 2.75) is 58.5 Å². The number of fused-ring (bicyclic) bond motifs is 3. The number of hydrogen-bond acceptors (Lipinski definition) is 5. The van der Waals surface area contributed by atoms with Crippen molar-refractivity contribution in [3.8, 4) is 0 Å². The molecule has 1 aromatic carbocycles. The zero-order valence-electron chi connectivity index (χ0n) is 18.7. The Hall–Kier alpha value is -2.12. The summed E-state index contributed by atoms with van der Waals surface area (Å²) in [7, 11) is 10.2. The molecule has 0 spiro atoms. The van der Waals surface area contributed by atoms with E-state index in [1.54, 1.807) is 18.2 Å². The molecule has 0 fully saturated rings. The summed E-state index contributed by atoms with van der Waals surface area (Å²) in [4.78, 5) is 24.8. The molecule has 2 aromatic heterocycles. The first-order chi connectivity index (χ1) is 14.4. The molecular weight excluding hydrogens is 375 g/mol. The van der Waals surface area contributed by atoms with Gasteiger partial charge in [-0.3, -0.25) is 9.69 Å². The van der Waals surface area contributed by atoms with Gasteiger partial charge in [-0.2, -0.15) is 0 Å². The SMILES string of the molecule is [B]c1ccc2oc3c(=O)[nH]c(CN(C)CCC(CC)N(C)CCCCC)nc3c2c1. The van der Waals surface area contributed by atoms with Gasteiger partial charge < -0.3 is 14.3 Å². The Morgan fingerprint density at radius 1 is 1.20 bits per heavy atom. The molecule has 30 heavy (non-hydrogen) atoms. The number of furan rings is 1. The third-order valence-electron chi connectivity index (χ3n) is 5.87.